The van der Waals surface area contributed by atoms with Gasteiger partial charge in [0, 0.05) is 36.9 Å². The highest BCUT2D eigenvalue weighted by Crippen LogP contribution is 2.45. The number of nitrogens with one attached hydrogen (secondary N) is 1. The van der Waals surface area contributed by atoms with Crippen molar-refractivity contribution in [3.05, 3.63) is 57.6 Å². The van der Waals surface area contributed by atoms with Gasteiger partial charge in [0.05, 0.1) is 30.9 Å². The molecule has 3 aromatic rings. The van der Waals surface area contributed by atoms with Crippen molar-refractivity contribution in [3.63, 3.8) is 0 Å². The van der Waals surface area contributed by atoms with Gasteiger partial charge in [-0.3, -0.25) is 10.1 Å². The van der Waals surface area contributed by atoms with Gasteiger partial charge in [0.2, 0.25) is 11.9 Å². The summed E-state index contributed by atoms with van der Waals surface area (Å²) in [4.78, 5) is 15.1. The average Bonchev–Trinajstić information content (AvgIpc) is 2.81. The van der Waals surface area contributed by atoms with E-state index in [1.807, 2.05) is 0 Å². The smallest absolute Gasteiger partial charge is 0.416 e. The number of ether oxygens (including phenoxy) is 3. The number of aromatic nitrogens is 1. The number of fused-ring (bicyclic) bond motifs is 1. The fourth-order valence-electron chi connectivity index (χ4n) is 3.58. The van der Waals surface area contributed by atoms with Gasteiger partial charge in [0.15, 0.2) is 11.5 Å². The van der Waals surface area contributed by atoms with E-state index in [2.05, 4.69) is 10.3 Å². The lowest BCUT2D eigenvalue weighted by Gasteiger charge is -2.19. The molecule has 0 fully saturated rings. The van der Waals surface area contributed by atoms with Gasteiger partial charge in [0.25, 0.3) is 0 Å². The van der Waals surface area contributed by atoms with Gasteiger partial charge in [-0.15, -0.1) is 0 Å². The van der Waals surface area contributed by atoms with Crippen LogP contribution in [0.3, 0.4) is 0 Å². The summed E-state index contributed by atoms with van der Waals surface area (Å²) >= 11 is 0. The monoisotopic (exact) mass is 493 g/mol. The molecule has 0 aliphatic carbocycles. The van der Waals surface area contributed by atoms with Crippen LogP contribution in [-0.4, -0.2) is 36.7 Å². The number of nitrogens with zero attached hydrogens (tertiary/aromatic N) is 2. The van der Waals surface area contributed by atoms with Crippen molar-refractivity contribution in [2.45, 2.75) is 38.9 Å². The number of aryl methyl sites for hydroxylation is 1. The molecule has 0 amide bonds. The van der Waals surface area contributed by atoms with E-state index in [9.17, 15) is 23.3 Å². The van der Waals surface area contributed by atoms with Crippen molar-refractivity contribution in [2.24, 2.45) is 0 Å². The molecule has 0 saturated carbocycles. The molecule has 1 unspecified atom stereocenters. The summed E-state index contributed by atoms with van der Waals surface area (Å²) in [6.07, 6.45) is -3.59. The first-order chi connectivity index (χ1) is 16.5. The third-order valence-corrected chi connectivity index (χ3v) is 5.46. The molecule has 0 radical (unpaired) electrons. The molecule has 1 aromatic heterocycles. The third kappa shape index (κ3) is 6.03. The van der Waals surface area contributed by atoms with E-state index in [0.717, 1.165) is 12.1 Å². The number of hydrogen-bond acceptors (Lipinski definition) is 7. The van der Waals surface area contributed by atoms with Gasteiger partial charge in [0.1, 0.15) is 11.3 Å². The van der Waals surface area contributed by atoms with Crippen LogP contribution in [0, 0.1) is 17.0 Å². The van der Waals surface area contributed by atoms with Crippen LogP contribution < -0.4 is 19.5 Å². The largest absolute Gasteiger partial charge is 0.493 e. The van der Waals surface area contributed by atoms with Gasteiger partial charge >= 0.3 is 6.18 Å². The van der Waals surface area contributed by atoms with E-state index >= 15 is 0 Å². The zero-order chi connectivity index (χ0) is 25.8. The van der Waals surface area contributed by atoms with Crippen molar-refractivity contribution in [3.8, 4) is 23.1 Å². The molecule has 35 heavy (non-hydrogen) atoms. The van der Waals surface area contributed by atoms with Crippen molar-refractivity contribution in [1.82, 2.24) is 4.98 Å². The normalized spacial score (nSPS) is 12.3. The molecule has 3 rings (SSSR count). The minimum absolute atomic E-state index is 0.0101. The second-order valence-electron chi connectivity index (χ2n) is 7.99. The number of anilines is 1. The number of methoxy groups -OCH3 is 2. The molecule has 0 aliphatic heterocycles. The molecular formula is C24H26F3N3O5. The second kappa shape index (κ2) is 10.7. The maximum absolute atomic E-state index is 13.2. The van der Waals surface area contributed by atoms with Gasteiger partial charge in [-0.25, -0.2) is 4.98 Å². The molecule has 0 saturated heterocycles. The number of benzene rings is 2. The van der Waals surface area contributed by atoms with Gasteiger partial charge < -0.3 is 19.5 Å². The Hall–Kier alpha value is -3.76. The Labute approximate surface area is 200 Å². The summed E-state index contributed by atoms with van der Waals surface area (Å²) < 4.78 is 56.3. The van der Waals surface area contributed by atoms with Crippen LogP contribution in [0.1, 0.15) is 30.9 Å². The highest BCUT2D eigenvalue weighted by molar-refractivity contribution is 6.00. The van der Waals surface area contributed by atoms with Gasteiger partial charge in [-0.2, -0.15) is 13.2 Å². The molecule has 0 spiro atoms. The summed E-state index contributed by atoms with van der Waals surface area (Å²) in [5.41, 5.74) is 0.908. The van der Waals surface area contributed by atoms with Crippen molar-refractivity contribution in [1.29, 1.82) is 0 Å². The van der Waals surface area contributed by atoms with E-state index in [1.54, 1.807) is 26.0 Å². The van der Waals surface area contributed by atoms with Crippen molar-refractivity contribution >= 4 is 16.6 Å². The maximum Gasteiger partial charge on any atom is 0.416 e. The van der Waals surface area contributed by atoms with E-state index in [4.69, 9.17) is 14.2 Å². The fourth-order valence-corrected chi connectivity index (χ4v) is 3.58. The van der Waals surface area contributed by atoms with Crippen molar-refractivity contribution in [2.75, 3.05) is 26.1 Å². The summed E-state index contributed by atoms with van der Waals surface area (Å²) in [5.74, 6) is 0.826. The number of alkyl halides is 3. The minimum atomic E-state index is -4.52. The summed E-state index contributed by atoms with van der Waals surface area (Å²) in [7, 11) is 2.90. The molecule has 0 aliphatic rings. The predicted molar refractivity (Wildman–Crippen MR) is 125 cm³/mol. The highest BCUT2D eigenvalue weighted by atomic mass is 19.4. The third-order valence-electron chi connectivity index (χ3n) is 5.46. The van der Waals surface area contributed by atoms with E-state index < -0.39 is 17.8 Å². The molecule has 188 valence electrons. The summed E-state index contributed by atoms with van der Waals surface area (Å²) in [6, 6.07) is 7.23. The lowest BCUT2D eigenvalue weighted by Crippen LogP contribution is -2.16. The highest BCUT2D eigenvalue weighted by Gasteiger charge is 2.31. The Bertz CT molecular complexity index is 1220. The number of hydrogen-bond donors (Lipinski definition) is 1. The molecule has 8 nitrogen and oxygen atoms in total. The molecule has 11 heteroatoms. The Balaban J connectivity index is 2.04. The first-order valence-corrected chi connectivity index (χ1v) is 10.8. The van der Waals surface area contributed by atoms with Gasteiger partial charge in [-0.1, -0.05) is 6.07 Å². The zero-order valence-electron chi connectivity index (χ0n) is 19.7. The molecular weight excluding hydrogens is 467 g/mol. The average molecular weight is 493 g/mol. The van der Waals surface area contributed by atoms with Crippen molar-refractivity contribution < 1.29 is 32.3 Å². The van der Waals surface area contributed by atoms with Crippen LogP contribution in [-0.2, 0) is 6.18 Å². The molecule has 1 N–H and O–H groups in total. The molecule has 1 atom stereocenters. The number of halogens is 3. The molecule has 1 heterocycles. The van der Waals surface area contributed by atoms with Crippen LogP contribution in [0.25, 0.3) is 10.9 Å². The number of nitro groups is 1. The Morgan fingerprint density at radius 1 is 1.17 bits per heavy atom. The summed E-state index contributed by atoms with van der Waals surface area (Å²) in [6.45, 7) is 3.78. The topological polar surface area (TPSA) is 95.8 Å². The molecule has 2 aromatic carbocycles. The lowest BCUT2D eigenvalue weighted by molar-refractivity contribution is -0.518. The Morgan fingerprint density at radius 2 is 1.91 bits per heavy atom. The fraction of sp³-hybridized carbons (Fsp3) is 0.375. The van der Waals surface area contributed by atoms with Crippen LogP contribution in [0.2, 0.25) is 0 Å². The first kappa shape index (κ1) is 25.9. The molecule has 0 bridgehead atoms. The van der Waals surface area contributed by atoms with E-state index in [-0.39, 0.29) is 22.2 Å². The van der Waals surface area contributed by atoms with Crippen LogP contribution >= 0.6 is 0 Å². The number of pyridine rings is 1. The predicted octanol–water partition coefficient (Wildman–Crippen LogP) is 6.23. The zero-order valence-corrected chi connectivity index (χ0v) is 19.7. The quantitative estimate of drug-likeness (QED) is 0.203. The SMILES string of the molecule is COc1cc(C)c2c(Oc3cccc(C(F)(F)F)c3)c(OC)cc(NCCCC(C)[N+](=O)[O-])c2n1. The minimum Gasteiger partial charge on any atom is -0.493 e. The van der Waals surface area contributed by atoms with E-state index in [0.29, 0.717) is 47.4 Å². The first-order valence-electron chi connectivity index (χ1n) is 10.8. The van der Waals surface area contributed by atoms with E-state index in [1.165, 1.54) is 26.4 Å². The lowest BCUT2D eigenvalue weighted by atomic mass is 10.1. The van der Waals surface area contributed by atoms with Crippen LogP contribution in [0.4, 0.5) is 18.9 Å². The Kier molecular flexibility index (Phi) is 7.88. The Morgan fingerprint density at radius 3 is 2.54 bits per heavy atom. The number of rotatable bonds is 10. The van der Waals surface area contributed by atoms with Crippen LogP contribution in [0.15, 0.2) is 36.4 Å². The second-order valence-corrected chi connectivity index (χ2v) is 7.99. The van der Waals surface area contributed by atoms with Crippen LogP contribution in [0.5, 0.6) is 23.1 Å². The van der Waals surface area contributed by atoms with Gasteiger partial charge in [-0.05, 0) is 37.1 Å². The summed E-state index contributed by atoms with van der Waals surface area (Å²) in [5, 5.41) is 14.6. The maximum atomic E-state index is 13.2. The standard InChI is InChI=1S/C24H26F3N3O5/c1-14-11-20(34-4)29-22-18(28-10-6-7-15(2)30(31)32)13-19(33-3)23(21(14)22)35-17-9-5-8-16(12-17)24(25,26)27/h5,8-9,11-13,15,28H,6-7,10H2,1-4H3.